The topological polar surface area (TPSA) is 86.8 Å². The van der Waals surface area contributed by atoms with Gasteiger partial charge in [-0.3, -0.25) is 13.9 Å². The van der Waals surface area contributed by atoms with Crippen molar-refractivity contribution < 1.29 is 18.0 Å². The fourth-order valence-electron chi connectivity index (χ4n) is 4.57. The number of sulfonamides is 1. The van der Waals surface area contributed by atoms with E-state index < -0.39 is 28.5 Å². The Morgan fingerprint density at radius 3 is 2.42 bits per heavy atom. The van der Waals surface area contributed by atoms with Crippen molar-refractivity contribution in [3.63, 3.8) is 0 Å². The maximum absolute atomic E-state index is 13.7. The lowest BCUT2D eigenvalue weighted by atomic mass is 9.95. The molecular formula is C27H36ClN3O4S. The molecule has 0 unspecified atom stereocenters. The van der Waals surface area contributed by atoms with Gasteiger partial charge in [0.25, 0.3) is 0 Å². The van der Waals surface area contributed by atoms with Crippen LogP contribution in [0.3, 0.4) is 0 Å². The standard InChI is InChI=1S/C27H36ClN3O4S/c1-19-13-14-20(2)25(15-19)31(36(4,34)35)18-26(32)30(17-22-9-8-10-23(28)16-22)21(3)27(33)29-24-11-6-5-7-12-24/h8-10,13-16,21,24H,5-7,11-12,17-18H2,1-4H3,(H,29,33)/t21-/m1/s1. The first-order valence-electron chi connectivity index (χ1n) is 12.3. The van der Waals surface area contributed by atoms with Crippen LogP contribution in [0.5, 0.6) is 0 Å². The van der Waals surface area contributed by atoms with Gasteiger partial charge in [0, 0.05) is 17.6 Å². The minimum absolute atomic E-state index is 0.0966. The Balaban J connectivity index is 1.90. The highest BCUT2D eigenvalue weighted by Gasteiger charge is 2.31. The summed E-state index contributed by atoms with van der Waals surface area (Å²) in [6.07, 6.45) is 6.25. The van der Waals surface area contributed by atoms with Crippen molar-refractivity contribution in [3.8, 4) is 0 Å². The largest absolute Gasteiger partial charge is 0.352 e. The van der Waals surface area contributed by atoms with Gasteiger partial charge < -0.3 is 10.2 Å². The van der Waals surface area contributed by atoms with Crippen LogP contribution < -0.4 is 9.62 Å². The van der Waals surface area contributed by atoms with E-state index in [1.54, 1.807) is 38.1 Å². The van der Waals surface area contributed by atoms with E-state index >= 15 is 0 Å². The van der Waals surface area contributed by atoms with Crippen LogP contribution in [0, 0.1) is 13.8 Å². The van der Waals surface area contributed by atoms with Gasteiger partial charge in [-0.1, -0.05) is 55.1 Å². The molecule has 36 heavy (non-hydrogen) atoms. The lowest BCUT2D eigenvalue weighted by Gasteiger charge is -2.33. The zero-order chi connectivity index (χ0) is 26.5. The van der Waals surface area contributed by atoms with Crippen LogP contribution in [-0.4, -0.2) is 50.0 Å². The van der Waals surface area contributed by atoms with E-state index in [0.717, 1.165) is 52.9 Å². The molecule has 9 heteroatoms. The van der Waals surface area contributed by atoms with Gasteiger partial charge in [0.2, 0.25) is 21.8 Å². The second-order valence-corrected chi connectivity index (χ2v) is 12.1. The van der Waals surface area contributed by atoms with Gasteiger partial charge in [-0.2, -0.15) is 0 Å². The molecule has 196 valence electrons. The number of carbonyl (C=O) groups is 2. The van der Waals surface area contributed by atoms with Crippen molar-refractivity contribution in [2.45, 2.75) is 71.5 Å². The summed E-state index contributed by atoms with van der Waals surface area (Å²) in [4.78, 5) is 28.3. The highest BCUT2D eigenvalue weighted by Crippen LogP contribution is 2.25. The molecule has 0 heterocycles. The molecule has 0 bridgehead atoms. The summed E-state index contributed by atoms with van der Waals surface area (Å²) in [5.41, 5.74) is 2.83. The summed E-state index contributed by atoms with van der Waals surface area (Å²) in [5, 5.41) is 3.61. The first kappa shape index (κ1) is 28.0. The number of benzene rings is 2. The van der Waals surface area contributed by atoms with Crippen LogP contribution in [0.2, 0.25) is 5.02 Å². The molecule has 2 aromatic carbocycles. The normalized spacial score (nSPS) is 15.2. The third-order valence-corrected chi connectivity index (χ3v) is 8.03. The van der Waals surface area contributed by atoms with Gasteiger partial charge in [-0.25, -0.2) is 8.42 Å². The number of carbonyl (C=O) groups excluding carboxylic acids is 2. The molecule has 0 aromatic heterocycles. The van der Waals surface area contributed by atoms with Crippen LogP contribution >= 0.6 is 11.6 Å². The Morgan fingerprint density at radius 1 is 1.08 bits per heavy atom. The molecule has 0 aliphatic heterocycles. The molecule has 2 amide bonds. The molecule has 3 rings (SSSR count). The molecule has 1 N–H and O–H groups in total. The molecule has 7 nitrogen and oxygen atoms in total. The lowest BCUT2D eigenvalue weighted by Crippen LogP contribution is -2.53. The smallest absolute Gasteiger partial charge is 0.244 e. The third kappa shape index (κ3) is 7.46. The molecular weight excluding hydrogens is 498 g/mol. The van der Waals surface area contributed by atoms with E-state index in [9.17, 15) is 18.0 Å². The highest BCUT2D eigenvalue weighted by atomic mass is 35.5. The predicted octanol–water partition coefficient (Wildman–Crippen LogP) is 4.59. The number of hydrogen-bond acceptors (Lipinski definition) is 4. The number of nitrogens with zero attached hydrogens (tertiary/aromatic N) is 2. The van der Waals surface area contributed by atoms with Gasteiger partial charge in [-0.15, -0.1) is 0 Å². The molecule has 1 fully saturated rings. The van der Waals surface area contributed by atoms with Crippen molar-refractivity contribution in [3.05, 3.63) is 64.2 Å². The molecule has 0 radical (unpaired) electrons. The molecule has 0 spiro atoms. The maximum atomic E-state index is 13.7. The maximum Gasteiger partial charge on any atom is 0.244 e. The number of rotatable bonds is 9. The molecule has 0 saturated heterocycles. The van der Waals surface area contributed by atoms with Crippen molar-refractivity contribution in [2.24, 2.45) is 0 Å². The van der Waals surface area contributed by atoms with Crippen molar-refractivity contribution >= 4 is 39.1 Å². The number of amides is 2. The summed E-state index contributed by atoms with van der Waals surface area (Å²) >= 11 is 6.16. The van der Waals surface area contributed by atoms with Crippen molar-refractivity contribution in [2.75, 3.05) is 17.1 Å². The Kier molecular flexibility index (Phi) is 9.41. The molecule has 2 aromatic rings. The summed E-state index contributed by atoms with van der Waals surface area (Å²) in [6, 6.07) is 11.9. The van der Waals surface area contributed by atoms with Gasteiger partial charge in [0.05, 0.1) is 11.9 Å². The Bertz CT molecular complexity index is 1200. The monoisotopic (exact) mass is 533 g/mol. The second-order valence-electron chi connectivity index (χ2n) is 9.73. The van der Waals surface area contributed by atoms with Gasteiger partial charge in [-0.05, 0) is 68.5 Å². The van der Waals surface area contributed by atoms with E-state index in [1.165, 1.54) is 11.3 Å². The molecule has 1 aliphatic carbocycles. The number of aryl methyl sites for hydroxylation is 2. The molecule has 1 atom stereocenters. The predicted molar refractivity (Wildman–Crippen MR) is 145 cm³/mol. The number of halogens is 1. The van der Waals surface area contributed by atoms with Crippen LogP contribution in [0.25, 0.3) is 0 Å². The zero-order valence-corrected chi connectivity index (χ0v) is 23.0. The summed E-state index contributed by atoms with van der Waals surface area (Å²) in [7, 11) is -3.77. The van der Waals surface area contributed by atoms with E-state index in [1.807, 2.05) is 25.1 Å². The Labute approximate surface area is 219 Å². The van der Waals surface area contributed by atoms with Crippen LogP contribution in [-0.2, 0) is 26.2 Å². The Hall–Kier alpha value is -2.58. The average molecular weight is 534 g/mol. The van der Waals surface area contributed by atoms with Crippen molar-refractivity contribution in [1.82, 2.24) is 10.2 Å². The molecule has 1 saturated carbocycles. The van der Waals surface area contributed by atoms with E-state index in [4.69, 9.17) is 11.6 Å². The van der Waals surface area contributed by atoms with Crippen LogP contribution in [0.4, 0.5) is 5.69 Å². The van der Waals surface area contributed by atoms with Crippen LogP contribution in [0.15, 0.2) is 42.5 Å². The zero-order valence-electron chi connectivity index (χ0n) is 21.5. The lowest BCUT2D eigenvalue weighted by molar-refractivity contribution is -0.139. The van der Waals surface area contributed by atoms with Crippen molar-refractivity contribution in [1.29, 1.82) is 0 Å². The number of anilines is 1. The Morgan fingerprint density at radius 2 is 1.78 bits per heavy atom. The third-order valence-electron chi connectivity index (χ3n) is 6.67. The fourth-order valence-corrected chi connectivity index (χ4v) is 5.68. The first-order chi connectivity index (χ1) is 17.0. The van der Waals surface area contributed by atoms with Gasteiger partial charge in [0.1, 0.15) is 12.6 Å². The average Bonchev–Trinajstić information content (AvgIpc) is 2.82. The highest BCUT2D eigenvalue weighted by molar-refractivity contribution is 7.92. The molecule has 1 aliphatic rings. The minimum atomic E-state index is -3.77. The minimum Gasteiger partial charge on any atom is -0.352 e. The van der Waals surface area contributed by atoms with Gasteiger partial charge in [0.15, 0.2) is 0 Å². The second kappa shape index (κ2) is 12.1. The van der Waals surface area contributed by atoms with Gasteiger partial charge >= 0.3 is 0 Å². The van der Waals surface area contributed by atoms with E-state index in [0.29, 0.717) is 10.7 Å². The van der Waals surface area contributed by atoms with Crippen LogP contribution in [0.1, 0.15) is 55.7 Å². The SMILES string of the molecule is Cc1ccc(C)c(N(CC(=O)N(Cc2cccc(Cl)c2)[C@H](C)C(=O)NC2CCCCC2)S(C)(=O)=O)c1. The summed E-state index contributed by atoms with van der Waals surface area (Å²) < 4.78 is 26.7. The summed E-state index contributed by atoms with van der Waals surface area (Å²) in [5.74, 6) is -0.706. The number of nitrogens with one attached hydrogen (secondary N) is 1. The number of hydrogen-bond donors (Lipinski definition) is 1. The quantitative estimate of drug-likeness (QED) is 0.511. The first-order valence-corrected chi connectivity index (χ1v) is 14.6. The van der Waals surface area contributed by atoms with E-state index in [-0.39, 0.29) is 18.5 Å². The summed E-state index contributed by atoms with van der Waals surface area (Å²) in [6.45, 7) is 5.08. The van der Waals surface area contributed by atoms with E-state index in [2.05, 4.69) is 5.32 Å². The fraction of sp³-hybridized carbons (Fsp3) is 0.481.